The fourth-order valence-electron chi connectivity index (χ4n) is 7.41. The number of hydrogen-bond donors (Lipinski definition) is 4. The molecule has 8 N–H and O–H groups in total. The number of hydrogen-bond acceptors (Lipinski definition) is 6. The third-order valence-corrected chi connectivity index (χ3v) is 10.9. The molecule has 6 nitrogen and oxygen atoms in total. The first kappa shape index (κ1) is 44.8. The molecule has 0 saturated carbocycles. The molecule has 0 spiro atoms. The molecule has 0 aliphatic heterocycles. The van der Waals surface area contributed by atoms with Gasteiger partial charge in [0, 0.05) is 37.6 Å². The van der Waals surface area contributed by atoms with Crippen molar-refractivity contribution in [2.75, 3.05) is 62.2 Å². The van der Waals surface area contributed by atoms with Gasteiger partial charge in [0.2, 0.25) is 0 Å². The number of nitrogens with two attached hydrogens (primary N) is 4. The van der Waals surface area contributed by atoms with Crippen molar-refractivity contribution in [3.8, 4) is 0 Å². The van der Waals surface area contributed by atoms with E-state index < -0.39 is 0 Å². The first-order valence-electron chi connectivity index (χ1n) is 22.0. The molecular weight excluding hydrogens is 685 g/mol. The van der Waals surface area contributed by atoms with Gasteiger partial charge in [-0.3, -0.25) is 0 Å². The van der Waals surface area contributed by atoms with Crippen molar-refractivity contribution in [1.82, 2.24) is 0 Å². The smallest absolute Gasteiger partial charge is 0.0366 e. The van der Waals surface area contributed by atoms with Gasteiger partial charge in [-0.05, 0) is 147 Å². The van der Waals surface area contributed by atoms with Gasteiger partial charge in [0.1, 0.15) is 0 Å². The lowest BCUT2D eigenvalue weighted by Crippen LogP contribution is -2.25. The molecule has 0 aliphatic carbocycles. The van der Waals surface area contributed by atoms with E-state index in [1.165, 1.54) is 121 Å². The Bertz CT molecular complexity index is 1510. The molecule has 0 saturated heterocycles. The zero-order valence-electron chi connectivity index (χ0n) is 34.6. The average molecular weight is 759 g/mol. The highest BCUT2D eigenvalue weighted by atomic mass is 15.1. The Morgan fingerprint density at radius 3 is 0.875 bits per heavy atom. The van der Waals surface area contributed by atoms with Crippen molar-refractivity contribution in [2.45, 2.75) is 103 Å². The van der Waals surface area contributed by atoms with E-state index in [1.807, 2.05) is 0 Å². The summed E-state index contributed by atoms with van der Waals surface area (Å²) in [5.41, 5.74) is 30.3. The highest BCUT2D eigenvalue weighted by Crippen LogP contribution is 2.24. The largest absolute Gasteiger partial charge is 0.372 e. The van der Waals surface area contributed by atoms with E-state index in [2.05, 4.69) is 119 Å². The maximum absolute atomic E-state index is 5.71. The molecular formula is C50H74N6. The van der Waals surface area contributed by atoms with Crippen LogP contribution in [0.2, 0.25) is 0 Å². The topological polar surface area (TPSA) is 111 Å². The van der Waals surface area contributed by atoms with E-state index in [0.717, 1.165) is 78.0 Å². The maximum atomic E-state index is 5.71. The van der Waals surface area contributed by atoms with E-state index >= 15 is 0 Å². The van der Waals surface area contributed by atoms with Crippen LogP contribution in [-0.2, 0) is 0 Å². The molecule has 0 heterocycles. The summed E-state index contributed by atoms with van der Waals surface area (Å²) in [6.45, 7) is 7.58. The van der Waals surface area contributed by atoms with Crippen LogP contribution in [0.25, 0.3) is 35.1 Å². The molecule has 304 valence electrons. The molecule has 4 aromatic rings. The monoisotopic (exact) mass is 759 g/mol. The van der Waals surface area contributed by atoms with Gasteiger partial charge in [0.25, 0.3) is 0 Å². The summed E-state index contributed by atoms with van der Waals surface area (Å²) in [7, 11) is 0. The zero-order chi connectivity index (χ0) is 39.5. The van der Waals surface area contributed by atoms with E-state index in [4.69, 9.17) is 22.9 Å². The molecule has 0 amide bonds. The molecule has 56 heavy (non-hydrogen) atoms. The minimum atomic E-state index is 0.794. The highest BCUT2D eigenvalue weighted by Gasteiger charge is 2.08. The summed E-state index contributed by atoms with van der Waals surface area (Å²) in [6.07, 6.45) is 28.1. The first-order chi connectivity index (χ1) is 27.6. The Kier molecular flexibility index (Phi) is 22.1. The Balaban J connectivity index is 1.33. The van der Waals surface area contributed by atoms with Crippen LogP contribution in [0.3, 0.4) is 0 Å². The van der Waals surface area contributed by atoms with Gasteiger partial charge in [-0.25, -0.2) is 0 Å². The number of fused-ring (bicyclic) bond motifs is 1. The molecule has 0 bridgehead atoms. The Morgan fingerprint density at radius 2 is 0.571 bits per heavy atom. The van der Waals surface area contributed by atoms with Gasteiger partial charge in [-0.1, -0.05) is 124 Å². The fraction of sp³-hybridized carbons (Fsp3) is 0.480. The van der Waals surface area contributed by atoms with Crippen LogP contribution >= 0.6 is 0 Å². The lowest BCUT2D eigenvalue weighted by Gasteiger charge is -2.25. The minimum absolute atomic E-state index is 0.794. The lowest BCUT2D eigenvalue weighted by molar-refractivity contribution is 0.598. The normalized spacial score (nSPS) is 11.7. The fourth-order valence-corrected chi connectivity index (χ4v) is 7.41. The second kappa shape index (κ2) is 27.6. The molecule has 0 radical (unpaired) electrons. The van der Waals surface area contributed by atoms with Gasteiger partial charge < -0.3 is 32.7 Å². The van der Waals surface area contributed by atoms with Gasteiger partial charge in [-0.2, -0.15) is 0 Å². The van der Waals surface area contributed by atoms with Crippen LogP contribution in [-0.4, -0.2) is 52.4 Å². The van der Waals surface area contributed by atoms with Gasteiger partial charge >= 0.3 is 0 Å². The summed E-state index contributed by atoms with van der Waals surface area (Å²) in [5.74, 6) is 0. The Labute approximate surface area is 340 Å². The molecule has 0 atom stereocenters. The predicted octanol–water partition coefficient (Wildman–Crippen LogP) is 10.9. The zero-order valence-corrected chi connectivity index (χ0v) is 34.6. The van der Waals surface area contributed by atoms with Crippen LogP contribution in [0.4, 0.5) is 11.4 Å². The van der Waals surface area contributed by atoms with E-state index in [0.29, 0.717) is 0 Å². The summed E-state index contributed by atoms with van der Waals surface area (Å²) in [4.78, 5) is 5.13. The minimum Gasteiger partial charge on any atom is -0.372 e. The van der Waals surface area contributed by atoms with Crippen LogP contribution in [0, 0.1) is 0 Å². The average Bonchev–Trinajstić information content (AvgIpc) is 3.23. The van der Waals surface area contributed by atoms with Crippen molar-refractivity contribution < 1.29 is 0 Å². The van der Waals surface area contributed by atoms with Crippen molar-refractivity contribution in [3.05, 3.63) is 107 Å². The predicted molar refractivity (Wildman–Crippen MR) is 249 cm³/mol. The van der Waals surface area contributed by atoms with Crippen LogP contribution in [0.1, 0.15) is 125 Å². The van der Waals surface area contributed by atoms with E-state index in [-0.39, 0.29) is 0 Å². The van der Waals surface area contributed by atoms with Crippen LogP contribution in [0.15, 0.2) is 84.9 Å². The Morgan fingerprint density at radius 1 is 0.304 bits per heavy atom. The number of unbranched alkanes of at least 4 members (excludes halogenated alkanes) is 12. The van der Waals surface area contributed by atoms with Crippen molar-refractivity contribution in [1.29, 1.82) is 0 Å². The molecule has 0 fully saturated rings. The molecule has 4 rings (SSSR count). The Hall–Kier alpha value is -3.94. The second-order valence-corrected chi connectivity index (χ2v) is 15.5. The van der Waals surface area contributed by atoms with Crippen LogP contribution < -0.4 is 32.7 Å². The van der Waals surface area contributed by atoms with Crippen molar-refractivity contribution in [3.63, 3.8) is 0 Å². The standard InChI is InChI=1S/C50H74N6/c51-33-9-1-5-13-37-55(38-14-6-2-10-34-52)49-29-23-43(24-30-49)17-19-45-21-27-48-42-46(22-28-47(48)41-45)20-18-44-25-31-50(32-26-44)56(39-15-7-3-11-35-53)40-16-8-4-12-36-54/h17-32,41-42H,1-16,33-40,51-54H2/b19-17+,20-18+. The summed E-state index contributed by atoms with van der Waals surface area (Å²) >= 11 is 0. The highest BCUT2D eigenvalue weighted by molar-refractivity contribution is 5.88. The quantitative estimate of drug-likeness (QED) is 0.0311. The lowest BCUT2D eigenvalue weighted by atomic mass is 10.0. The molecule has 0 aliphatic rings. The maximum Gasteiger partial charge on any atom is 0.0366 e. The molecule has 0 unspecified atom stereocenters. The molecule has 0 aromatic heterocycles. The van der Waals surface area contributed by atoms with Gasteiger partial charge in [0.05, 0.1) is 0 Å². The van der Waals surface area contributed by atoms with Gasteiger partial charge in [0.15, 0.2) is 0 Å². The SMILES string of the molecule is NCCCCCCN(CCCCCCN)c1ccc(/C=C/c2ccc3cc(/C=C/c4ccc(N(CCCCCCN)CCCCCCN)cc4)ccc3c2)cc1. The molecule has 6 heteroatoms. The third-order valence-electron chi connectivity index (χ3n) is 10.9. The molecule has 4 aromatic carbocycles. The van der Waals surface area contributed by atoms with Crippen molar-refractivity contribution >= 4 is 46.5 Å². The first-order valence-corrected chi connectivity index (χ1v) is 22.0. The number of benzene rings is 4. The summed E-state index contributed by atoms with van der Waals surface area (Å²) in [5, 5.41) is 2.51. The van der Waals surface area contributed by atoms with Crippen molar-refractivity contribution in [2.24, 2.45) is 22.9 Å². The van der Waals surface area contributed by atoms with Gasteiger partial charge in [-0.15, -0.1) is 0 Å². The number of nitrogens with zero attached hydrogens (tertiary/aromatic N) is 2. The van der Waals surface area contributed by atoms with Crippen LogP contribution in [0.5, 0.6) is 0 Å². The second-order valence-electron chi connectivity index (χ2n) is 15.5. The third kappa shape index (κ3) is 17.1. The summed E-state index contributed by atoms with van der Waals surface area (Å²) in [6, 6.07) is 31.7. The number of anilines is 2. The summed E-state index contributed by atoms with van der Waals surface area (Å²) < 4.78 is 0. The van der Waals surface area contributed by atoms with E-state index in [9.17, 15) is 0 Å². The number of rotatable bonds is 30. The van der Waals surface area contributed by atoms with E-state index in [1.54, 1.807) is 0 Å².